The van der Waals surface area contributed by atoms with Crippen LogP contribution in [0.3, 0.4) is 0 Å². The zero-order valence-electron chi connectivity index (χ0n) is 55.9. The fraction of sp³-hybridized carbons (Fsp3) is 0.594. The smallest absolute Gasteiger partial charge is 0.229 e. The second-order valence-electron chi connectivity index (χ2n) is 28.2. The fourth-order valence-corrected chi connectivity index (χ4v) is 13.9. The van der Waals surface area contributed by atoms with Crippen LogP contribution in [0.5, 0.6) is 0 Å². The van der Waals surface area contributed by atoms with Gasteiger partial charge >= 0.3 is 0 Å². The minimum atomic E-state index is -0.250. The van der Waals surface area contributed by atoms with Gasteiger partial charge in [-0.25, -0.2) is 39.9 Å². The number of rotatable bonds is 17. The third kappa shape index (κ3) is 17.9. The van der Waals surface area contributed by atoms with Gasteiger partial charge in [-0.1, -0.05) is 46.4 Å². The number of pyridine rings is 4. The molecule has 4 saturated carbocycles. The van der Waals surface area contributed by atoms with E-state index >= 15 is 0 Å². The lowest BCUT2D eigenvalue weighted by Crippen LogP contribution is -2.35. The van der Waals surface area contributed by atoms with Crippen molar-refractivity contribution < 1.29 is 38.1 Å². The maximum absolute atomic E-state index is 12.7. The first-order valence-electron chi connectivity index (χ1n) is 34.5. The van der Waals surface area contributed by atoms with Crippen molar-refractivity contribution in [3.8, 4) is 0 Å². The average Bonchev–Trinajstić information content (AvgIpc) is 1.65. The lowest BCUT2D eigenvalue weighted by molar-refractivity contribution is -0.120. The number of carbonyl (C=O) groups is 4. The summed E-state index contributed by atoms with van der Waals surface area (Å²) in [6.07, 6.45) is 19.8. The molecule has 2 unspecified atom stereocenters. The van der Waals surface area contributed by atoms with Gasteiger partial charge in [0.15, 0.2) is 22.6 Å². The van der Waals surface area contributed by atoms with Crippen molar-refractivity contribution in [3.63, 3.8) is 0 Å². The van der Waals surface area contributed by atoms with E-state index in [1.54, 1.807) is 24.3 Å². The number of ether oxygens (including phenoxy) is 4. The first-order valence-corrected chi connectivity index (χ1v) is 36.0. The predicted octanol–water partition coefficient (Wildman–Crippen LogP) is 15.0. The van der Waals surface area contributed by atoms with E-state index < -0.39 is 0 Å². The van der Waals surface area contributed by atoms with Crippen molar-refractivity contribution in [2.75, 3.05) is 60.9 Å². The van der Waals surface area contributed by atoms with Crippen LogP contribution in [0.2, 0.25) is 20.6 Å². The molecule has 11 heterocycles. The molecule has 97 heavy (non-hydrogen) atoms. The molecule has 2 atom stereocenters. The van der Waals surface area contributed by atoms with E-state index in [9.17, 15) is 19.2 Å². The number of halogens is 4. The molecule has 3 saturated heterocycles. The van der Waals surface area contributed by atoms with E-state index in [0.29, 0.717) is 132 Å². The quantitative estimate of drug-likeness (QED) is 0.0617. The lowest BCUT2D eigenvalue weighted by atomic mass is 9.86. The summed E-state index contributed by atoms with van der Waals surface area (Å²) in [6, 6.07) is 15.6. The molecule has 8 aromatic rings. The first kappa shape index (κ1) is 70.2. The van der Waals surface area contributed by atoms with Crippen LogP contribution in [0.4, 0.5) is 23.8 Å². The molecule has 0 radical (unpaired) electrons. The largest absolute Gasteiger partial charge is 0.381 e. The van der Waals surface area contributed by atoms with Crippen molar-refractivity contribution in [3.05, 3.63) is 69.1 Å². The molecule has 4 amide bonds. The number of fused-ring (bicyclic) bond motifs is 4. The van der Waals surface area contributed by atoms with Crippen LogP contribution in [0.15, 0.2) is 48.5 Å². The van der Waals surface area contributed by atoms with Crippen LogP contribution >= 0.6 is 46.4 Å². The highest BCUT2D eigenvalue weighted by molar-refractivity contribution is 6.30. The summed E-state index contributed by atoms with van der Waals surface area (Å²) in [4.78, 5) is 85.6. The number of amides is 4. The number of nitrogens with zero attached hydrogens (tertiary/aromatic N) is 12. The molecule has 0 spiro atoms. The summed E-state index contributed by atoms with van der Waals surface area (Å²) in [5.41, 5.74) is 5.64. The Morgan fingerprint density at radius 2 is 0.784 bits per heavy atom. The third-order valence-electron chi connectivity index (χ3n) is 19.2. The zero-order valence-corrected chi connectivity index (χ0v) is 58.9. The Morgan fingerprint density at radius 1 is 0.454 bits per heavy atom. The molecule has 0 aromatic carbocycles. The molecule has 8 aromatic heterocycles. The van der Waals surface area contributed by atoms with Gasteiger partial charge in [0.1, 0.15) is 42.7 Å². The Hall–Kier alpha value is -6.64. The second-order valence-corrected chi connectivity index (χ2v) is 29.8. The summed E-state index contributed by atoms with van der Waals surface area (Å²) in [6.45, 7) is 14.1. The minimum absolute atomic E-state index is 0.00896. The molecule has 4 N–H and O–H groups in total. The van der Waals surface area contributed by atoms with Gasteiger partial charge in [0.2, 0.25) is 47.4 Å². The minimum Gasteiger partial charge on any atom is -0.381 e. The van der Waals surface area contributed by atoms with Crippen LogP contribution in [-0.2, 0) is 38.1 Å². The number of nitrogens with one attached hydrogen (secondary N) is 4. The van der Waals surface area contributed by atoms with Gasteiger partial charge in [0.05, 0.1) is 24.2 Å². The summed E-state index contributed by atoms with van der Waals surface area (Å²) in [5.74, 6) is 3.28. The van der Waals surface area contributed by atoms with Crippen molar-refractivity contribution in [2.45, 2.75) is 205 Å². The van der Waals surface area contributed by atoms with Gasteiger partial charge in [0.25, 0.3) is 0 Å². The summed E-state index contributed by atoms with van der Waals surface area (Å²) in [7, 11) is 0. The molecule has 7 aliphatic rings. The highest BCUT2D eigenvalue weighted by Gasteiger charge is 2.34. The van der Waals surface area contributed by atoms with E-state index in [2.05, 4.69) is 79.6 Å². The Balaban J connectivity index is 0.000000123. The van der Waals surface area contributed by atoms with Crippen LogP contribution < -0.4 is 21.3 Å². The number of anilines is 4. The Morgan fingerprint density at radius 3 is 1.11 bits per heavy atom. The maximum Gasteiger partial charge on any atom is 0.229 e. The highest BCUT2D eigenvalue weighted by atomic mass is 35.5. The lowest BCUT2D eigenvalue weighted by Gasteiger charge is -2.35. The van der Waals surface area contributed by atoms with Crippen LogP contribution in [0.25, 0.3) is 44.7 Å². The molecule has 0 bridgehead atoms. The summed E-state index contributed by atoms with van der Waals surface area (Å²) < 4.78 is 30.2. The predicted molar refractivity (Wildman–Crippen MR) is 376 cm³/mol. The SMILES string of the molecule is CC(C)(C)OCCC(=O)Nc1nc2ccc(Cl)nc2n1C1CCC1.CC1(C)CC(CC(=O)Nc2nc3ccc(Cl)nc3n2C2CCC2)CCO1.O=C(CC1CCOC1)Nc1nc2ccc(Cl)nc2n1C1CCC1.O=C(CC1CCOCC1)Nc1nc2ccc(Cl)nc2n1C1CCC1. The van der Waals surface area contributed by atoms with E-state index in [1.807, 2.05) is 58.7 Å². The zero-order chi connectivity index (χ0) is 68.0. The second kappa shape index (κ2) is 31.3. The number of carbonyl (C=O) groups excluding carboxylic acids is 4. The van der Waals surface area contributed by atoms with Crippen LogP contribution in [-0.4, -0.2) is 133 Å². The molecular weight excluding hydrogens is 1320 g/mol. The molecular formula is C69H88Cl4N16O8. The molecule has 28 heteroatoms. The van der Waals surface area contributed by atoms with Crippen LogP contribution in [0, 0.1) is 17.8 Å². The number of imidazole rings is 4. The number of hydrogen-bond donors (Lipinski definition) is 4. The molecule has 15 rings (SSSR count). The summed E-state index contributed by atoms with van der Waals surface area (Å²) in [5, 5.41) is 13.7. The average molecular weight is 1410 g/mol. The molecule has 24 nitrogen and oxygen atoms in total. The van der Waals surface area contributed by atoms with Gasteiger partial charge in [-0.2, -0.15) is 0 Å². The van der Waals surface area contributed by atoms with E-state index in [1.165, 1.54) is 25.7 Å². The van der Waals surface area contributed by atoms with Gasteiger partial charge in [-0.3, -0.25) is 58.7 Å². The third-order valence-corrected chi connectivity index (χ3v) is 20.1. The maximum atomic E-state index is 12.7. The fourth-order valence-electron chi connectivity index (χ4n) is 13.3. The Labute approximate surface area is 584 Å². The van der Waals surface area contributed by atoms with Crippen molar-refractivity contribution in [1.29, 1.82) is 0 Å². The monoisotopic (exact) mass is 1410 g/mol. The first-order chi connectivity index (χ1) is 46.6. The van der Waals surface area contributed by atoms with Gasteiger partial charge in [-0.05, 0) is 210 Å². The van der Waals surface area contributed by atoms with Crippen molar-refractivity contribution in [1.82, 2.24) is 58.1 Å². The number of hydrogen-bond acceptors (Lipinski definition) is 16. The molecule has 520 valence electrons. The van der Waals surface area contributed by atoms with E-state index in [0.717, 1.165) is 148 Å². The van der Waals surface area contributed by atoms with Gasteiger partial charge < -0.3 is 18.9 Å². The number of aromatic nitrogens is 12. The van der Waals surface area contributed by atoms with E-state index in [4.69, 9.17) is 65.4 Å². The Bertz CT molecular complexity index is 4100. The standard InChI is InChI=1S/C19H25ClN4O2.C17H21ClN4O2.C17H23ClN4O2.C16H19ClN4O2/c1-19(2)11-12(8-9-26-19)10-16(25)23-18-21-14-6-7-15(20)22-17(14)24(18)13-4-3-5-13;18-14-5-4-13-16(20-14)22(12-2-1-3-12)17(19-13)21-15(23)10-11-6-8-24-9-7-11;1-17(2,3)24-10-9-14(23)21-16-19-12-7-8-13(18)20-15(12)22(16)11-5-4-6-11;17-13-5-4-12-15(19-13)21(11-2-1-3-11)16(18-12)20-14(22)8-10-6-7-23-9-10/h6-7,12-13H,3-5,8-11H2,1-2H3,(H,21,23,25);4-5,11-12H,1-3,6-10H2,(H,19,21,23);7-8,11H,4-6,9-10H2,1-3H3,(H,19,21,23);4-5,10-11H,1-3,6-9H2,(H,18,20,22). The topological polar surface area (TPSA) is 276 Å². The Kier molecular flexibility index (Phi) is 22.6. The molecule has 7 fully saturated rings. The van der Waals surface area contributed by atoms with Crippen LogP contribution in [0.1, 0.15) is 194 Å². The van der Waals surface area contributed by atoms with Gasteiger partial charge in [-0.15, -0.1) is 0 Å². The van der Waals surface area contributed by atoms with Crippen molar-refractivity contribution in [2.24, 2.45) is 17.8 Å². The normalized spacial score (nSPS) is 19.9. The van der Waals surface area contributed by atoms with E-state index in [-0.39, 0.29) is 34.8 Å². The molecule has 4 aliphatic carbocycles. The van der Waals surface area contributed by atoms with Gasteiger partial charge in [0, 0.05) is 76.5 Å². The van der Waals surface area contributed by atoms with Crippen molar-refractivity contribution >= 4 is 138 Å². The molecule has 3 aliphatic heterocycles. The highest BCUT2D eigenvalue weighted by Crippen LogP contribution is 2.42. The summed E-state index contributed by atoms with van der Waals surface area (Å²) >= 11 is 24.2.